The summed E-state index contributed by atoms with van der Waals surface area (Å²) in [4.78, 5) is 12.5. The second-order valence-corrected chi connectivity index (χ2v) is 4.58. The molecular formula is C12H20N4O2. The van der Waals surface area contributed by atoms with E-state index in [0.29, 0.717) is 0 Å². The average molecular weight is 252 g/mol. The Labute approximate surface area is 107 Å². The molecule has 100 valence electrons. The number of anilines is 2. The van der Waals surface area contributed by atoms with E-state index in [-0.39, 0.29) is 16.7 Å². The minimum Gasteiger partial charge on any atom is -0.388 e. The molecule has 18 heavy (non-hydrogen) atoms. The molecule has 0 aliphatic rings. The topological polar surface area (TPSA) is 70.4 Å². The Hall–Kier alpha value is -1.82. The number of nitro groups is 1. The number of hydrogen-bond acceptors (Lipinski definition) is 5. The number of hydrogen-bond donors (Lipinski definition) is 2. The maximum absolute atomic E-state index is 10.8. The Morgan fingerprint density at radius 2 is 1.94 bits per heavy atom. The number of benzene rings is 1. The fraction of sp³-hybridized carbons (Fsp3) is 0.500. The van der Waals surface area contributed by atoms with Crippen LogP contribution in [0.5, 0.6) is 0 Å². The third-order valence-corrected chi connectivity index (χ3v) is 2.47. The van der Waals surface area contributed by atoms with E-state index in [1.807, 2.05) is 27.1 Å². The maximum Gasteiger partial charge on any atom is 0.273 e. The molecule has 0 spiro atoms. The van der Waals surface area contributed by atoms with Gasteiger partial charge in [0.25, 0.3) is 5.69 Å². The molecule has 1 unspecified atom stereocenters. The average Bonchev–Trinajstić information content (AvgIpc) is 2.27. The summed E-state index contributed by atoms with van der Waals surface area (Å²) in [5.74, 6) is 0. The lowest BCUT2D eigenvalue weighted by Gasteiger charge is -2.19. The van der Waals surface area contributed by atoms with Crippen LogP contribution < -0.4 is 10.6 Å². The van der Waals surface area contributed by atoms with Crippen molar-refractivity contribution < 1.29 is 4.92 Å². The second kappa shape index (κ2) is 6.20. The van der Waals surface area contributed by atoms with Gasteiger partial charge in [-0.15, -0.1) is 0 Å². The number of rotatable bonds is 6. The lowest BCUT2D eigenvalue weighted by Crippen LogP contribution is -2.29. The Morgan fingerprint density at radius 1 is 1.33 bits per heavy atom. The van der Waals surface area contributed by atoms with E-state index < -0.39 is 0 Å². The molecule has 0 bridgehead atoms. The Morgan fingerprint density at radius 3 is 2.44 bits per heavy atom. The SMILES string of the molecule is CNc1cc(NC(C)CN(C)C)cc([N+](=O)[O-])c1. The van der Waals surface area contributed by atoms with Crippen LogP contribution in [-0.2, 0) is 0 Å². The van der Waals surface area contributed by atoms with E-state index in [1.54, 1.807) is 13.1 Å². The molecule has 6 heteroatoms. The van der Waals surface area contributed by atoms with Gasteiger partial charge in [0.2, 0.25) is 0 Å². The zero-order chi connectivity index (χ0) is 13.7. The molecule has 6 nitrogen and oxygen atoms in total. The summed E-state index contributed by atoms with van der Waals surface area (Å²) in [6, 6.07) is 5.14. The van der Waals surface area contributed by atoms with Crippen molar-refractivity contribution in [3.8, 4) is 0 Å². The van der Waals surface area contributed by atoms with Crippen LogP contribution in [0.3, 0.4) is 0 Å². The molecule has 0 aliphatic heterocycles. The first-order valence-corrected chi connectivity index (χ1v) is 5.81. The normalized spacial score (nSPS) is 12.3. The van der Waals surface area contributed by atoms with Gasteiger partial charge in [-0.1, -0.05) is 0 Å². The summed E-state index contributed by atoms with van der Waals surface area (Å²) in [6.45, 7) is 2.90. The lowest BCUT2D eigenvalue weighted by atomic mass is 10.2. The van der Waals surface area contributed by atoms with Gasteiger partial charge in [0.05, 0.1) is 4.92 Å². The molecule has 0 saturated carbocycles. The first kappa shape index (κ1) is 14.2. The zero-order valence-electron chi connectivity index (χ0n) is 11.2. The molecule has 0 radical (unpaired) electrons. The summed E-state index contributed by atoms with van der Waals surface area (Å²) in [6.07, 6.45) is 0. The third kappa shape index (κ3) is 4.21. The number of nitro benzene ring substituents is 1. The van der Waals surface area contributed by atoms with Gasteiger partial charge in [-0.2, -0.15) is 0 Å². The van der Waals surface area contributed by atoms with E-state index in [1.165, 1.54) is 6.07 Å². The minimum absolute atomic E-state index is 0.0846. The van der Waals surface area contributed by atoms with Crippen molar-refractivity contribution in [3.63, 3.8) is 0 Å². The zero-order valence-corrected chi connectivity index (χ0v) is 11.2. The van der Waals surface area contributed by atoms with Gasteiger partial charge >= 0.3 is 0 Å². The highest BCUT2D eigenvalue weighted by Crippen LogP contribution is 2.24. The molecule has 0 aromatic heterocycles. The van der Waals surface area contributed by atoms with Crippen LogP contribution >= 0.6 is 0 Å². The fourth-order valence-electron chi connectivity index (χ4n) is 1.82. The van der Waals surface area contributed by atoms with Crippen molar-refractivity contribution >= 4 is 17.1 Å². The molecule has 1 atom stereocenters. The van der Waals surface area contributed by atoms with Gasteiger partial charge in [-0.25, -0.2) is 0 Å². The molecule has 0 aliphatic carbocycles. The Balaban J connectivity index is 2.87. The van der Waals surface area contributed by atoms with Gasteiger partial charge in [0.15, 0.2) is 0 Å². The number of nitrogens with zero attached hydrogens (tertiary/aromatic N) is 2. The summed E-state index contributed by atoms with van der Waals surface area (Å²) >= 11 is 0. The molecule has 0 heterocycles. The highest BCUT2D eigenvalue weighted by Gasteiger charge is 2.11. The predicted molar refractivity (Wildman–Crippen MR) is 74.3 cm³/mol. The summed E-state index contributed by atoms with van der Waals surface area (Å²) < 4.78 is 0. The van der Waals surface area contributed by atoms with Crippen LogP contribution in [0.4, 0.5) is 17.1 Å². The van der Waals surface area contributed by atoms with Crippen molar-refractivity contribution in [1.29, 1.82) is 0 Å². The van der Waals surface area contributed by atoms with E-state index in [0.717, 1.165) is 17.9 Å². The van der Waals surface area contributed by atoms with Crippen molar-refractivity contribution in [3.05, 3.63) is 28.3 Å². The van der Waals surface area contributed by atoms with Gasteiger partial charge < -0.3 is 15.5 Å². The van der Waals surface area contributed by atoms with Crippen molar-refractivity contribution in [2.24, 2.45) is 0 Å². The van der Waals surface area contributed by atoms with E-state index >= 15 is 0 Å². The van der Waals surface area contributed by atoms with Crippen LogP contribution in [-0.4, -0.2) is 43.6 Å². The highest BCUT2D eigenvalue weighted by atomic mass is 16.6. The van der Waals surface area contributed by atoms with Gasteiger partial charge in [-0.3, -0.25) is 10.1 Å². The fourth-order valence-corrected chi connectivity index (χ4v) is 1.82. The van der Waals surface area contributed by atoms with Crippen LogP contribution in [0, 0.1) is 10.1 Å². The first-order chi connectivity index (χ1) is 8.42. The van der Waals surface area contributed by atoms with E-state index in [9.17, 15) is 10.1 Å². The van der Waals surface area contributed by atoms with Crippen molar-refractivity contribution in [2.45, 2.75) is 13.0 Å². The molecule has 1 aromatic rings. The van der Waals surface area contributed by atoms with Crippen molar-refractivity contribution in [1.82, 2.24) is 4.90 Å². The minimum atomic E-state index is -0.386. The quantitative estimate of drug-likeness (QED) is 0.598. The second-order valence-electron chi connectivity index (χ2n) is 4.58. The van der Waals surface area contributed by atoms with Crippen LogP contribution in [0.15, 0.2) is 18.2 Å². The number of likely N-dealkylation sites (N-methyl/N-ethyl adjacent to an activating group) is 1. The Kier molecular flexibility index (Phi) is 4.91. The number of nitrogens with one attached hydrogen (secondary N) is 2. The van der Waals surface area contributed by atoms with Crippen LogP contribution in [0.25, 0.3) is 0 Å². The van der Waals surface area contributed by atoms with Gasteiger partial charge in [0.1, 0.15) is 0 Å². The molecule has 1 aromatic carbocycles. The van der Waals surface area contributed by atoms with Gasteiger partial charge in [0, 0.05) is 43.1 Å². The molecule has 0 fully saturated rings. The maximum atomic E-state index is 10.8. The monoisotopic (exact) mass is 252 g/mol. The first-order valence-electron chi connectivity index (χ1n) is 5.81. The van der Waals surface area contributed by atoms with E-state index in [4.69, 9.17) is 0 Å². The smallest absolute Gasteiger partial charge is 0.273 e. The lowest BCUT2D eigenvalue weighted by molar-refractivity contribution is -0.384. The summed E-state index contributed by atoms with van der Waals surface area (Å²) in [7, 11) is 5.72. The molecule has 1 rings (SSSR count). The van der Waals surface area contributed by atoms with Crippen molar-refractivity contribution in [2.75, 3.05) is 38.3 Å². The molecule has 0 saturated heterocycles. The van der Waals surface area contributed by atoms with E-state index in [2.05, 4.69) is 15.5 Å². The van der Waals surface area contributed by atoms with Gasteiger partial charge in [-0.05, 0) is 27.1 Å². The molecule has 0 amide bonds. The summed E-state index contributed by atoms with van der Waals surface area (Å²) in [5, 5.41) is 17.0. The number of non-ortho nitro benzene ring substituents is 1. The predicted octanol–water partition coefficient (Wildman–Crippen LogP) is 2.00. The van der Waals surface area contributed by atoms with Crippen LogP contribution in [0.2, 0.25) is 0 Å². The Bertz CT molecular complexity index is 421. The standard InChI is InChI=1S/C12H20N4O2/c1-9(8-15(3)4)14-11-5-10(13-2)6-12(7-11)16(17)18/h5-7,9,13-14H,8H2,1-4H3. The molecular weight excluding hydrogens is 232 g/mol. The summed E-state index contributed by atoms with van der Waals surface area (Å²) in [5.41, 5.74) is 1.56. The third-order valence-electron chi connectivity index (χ3n) is 2.47. The van der Waals surface area contributed by atoms with Crippen LogP contribution in [0.1, 0.15) is 6.92 Å². The molecule has 2 N–H and O–H groups in total. The highest BCUT2D eigenvalue weighted by molar-refractivity contribution is 5.63. The largest absolute Gasteiger partial charge is 0.388 e.